The number of terminal acetylenes is 1. The number of hydrogen-bond acceptors (Lipinski definition) is 8. The zero-order chi connectivity index (χ0) is 32.3. The van der Waals surface area contributed by atoms with Crippen molar-refractivity contribution in [3.8, 4) is 35.4 Å². The molecule has 46 heavy (non-hydrogen) atoms. The van der Waals surface area contributed by atoms with Crippen LogP contribution >= 0.6 is 0 Å². The van der Waals surface area contributed by atoms with Gasteiger partial charge in [0, 0.05) is 54.9 Å². The van der Waals surface area contributed by atoms with Crippen molar-refractivity contribution in [2.24, 2.45) is 0 Å². The summed E-state index contributed by atoms with van der Waals surface area (Å²) in [5, 5.41) is 11.4. The van der Waals surface area contributed by atoms with Crippen LogP contribution in [0.3, 0.4) is 0 Å². The third-order valence-corrected chi connectivity index (χ3v) is 9.35. The van der Waals surface area contributed by atoms with E-state index in [0.717, 1.165) is 12.8 Å². The normalized spacial score (nSPS) is 22.8. The molecule has 7 rings (SSSR count). The Bertz CT molecular complexity index is 1930. The van der Waals surface area contributed by atoms with Gasteiger partial charge in [-0.3, -0.25) is 14.7 Å². The summed E-state index contributed by atoms with van der Waals surface area (Å²) in [4.78, 5) is 31.9. The van der Waals surface area contributed by atoms with Crippen LogP contribution in [0.2, 0.25) is 0 Å². The molecule has 12 heteroatoms. The maximum absolute atomic E-state index is 16.7. The van der Waals surface area contributed by atoms with Gasteiger partial charge in [-0.25, -0.2) is 13.2 Å². The molecule has 0 unspecified atom stereocenters. The van der Waals surface area contributed by atoms with Crippen LogP contribution in [0.15, 0.2) is 43.1 Å². The molecule has 2 aromatic heterocycles. The number of carbonyl (C=O) groups is 1. The highest BCUT2D eigenvalue weighted by atomic mass is 19.1. The maximum Gasteiger partial charge on any atom is 0.319 e. The first-order valence-corrected chi connectivity index (χ1v) is 15.1. The fraction of sp³-hybridized carbons (Fsp3) is 0.353. The lowest BCUT2D eigenvalue weighted by Gasteiger charge is -2.41. The maximum atomic E-state index is 16.7. The van der Waals surface area contributed by atoms with Crippen molar-refractivity contribution in [1.29, 1.82) is 0 Å². The number of phenols is 1. The number of aromatic hydroxyl groups is 1. The zero-order valence-electron chi connectivity index (χ0n) is 25.1. The first-order valence-electron chi connectivity index (χ1n) is 15.1. The Morgan fingerprint density at radius 1 is 1.20 bits per heavy atom. The minimum absolute atomic E-state index is 0.0833. The van der Waals surface area contributed by atoms with Gasteiger partial charge in [-0.2, -0.15) is 9.97 Å². The van der Waals surface area contributed by atoms with Crippen LogP contribution in [0, 0.1) is 24.0 Å². The lowest BCUT2D eigenvalue weighted by atomic mass is 9.96. The van der Waals surface area contributed by atoms with Crippen LogP contribution < -0.4 is 9.64 Å². The number of alkyl halides is 1. The molecular weight excluding hydrogens is 597 g/mol. The summed E-state index contributed by atoms with van der Waals surface area (Å²) in [6.45, 7) is 4.92. The number of ether oxygens (including phenoxy) is 1. The molecular formula is C34H31F3N6O3. The number of rotatable bonds is 6. The molecule has 3 saturated heterocycles. The van der Waals surface area contributed by atoms with Gasteiger partial charge in [0.05, 0.1) is 10.9 Å². The highest BCUT2D eigenvalue weighted by Gasteiger charge is 2.43. The van der Waals surface area contributed by atoms with Crippen molar-refractivity contribution in [2.45, 2.75) is 43.6 Å². The van der Waals surface area contributed by atoms with E-state index in [4.69, 9.17) is 16.1 Å². The molecule has 2 bridgehead atoms. The second kappa shape index (κ2) is 11.5. The Hall–Kier alpha value is -4.89. The number of pyridine rings is 1. The number of carbonyl (C=O) groups excluding carboxylic acids is 1. The molecule has 0 spiro atoms. The molecule has 1 amide bonds. The third-order valence-electron chi connectivity index (χ3n) is 9.35. The Kier molecular flexibility index (Phi) is 7.44. The SMILES string of the molecule is C#Cc1c(F)ccc2cc(O)cc(-c3ncc4c(N5C[C@H]6CC[C@@H](C5)N6C(=O)C=C)nc(OC[C@@H]5C[C@@H](F)CN5C)nc4c3F)c12. The Balaban J connectivity index is 1.36. The smallest absolute Gasteiger partial charge is 0.319 e. The van der Waals surface area contributed by atoms with Gasteiger partial charge in [0.2, 0.25) is 5.91 Å². The number of likely N-dealkylation sites (N-methyl/N-ethyl adjacent to an activating group) is 1. The highest BCUT2D eigenvalue weighted by molar-refractivity contribution is 6.03. The zero-order valence-corrected chi connectivity index (χ0v) is 25.1. The van der Waals surface area contributed by atoms with Gasteiger partial charge in [-0.15, -0.1) is 6.42 Å². The average Bonchev–Trinajstić information content (AvgIpc) is 3.51. The number of likely N-dealkylation sites (tertiary alicyclic amines) is 1. The predicted molar refractivity (Wildman–Crippen MR) is 167 cm³/mol. The van der Waals surface area contributed by atoms with Crippen LogP contribution in [0.5, 0.6) is 11.8 Å². The number of fused-ring (bicyclic) bond motifs is 4. The third kappa shape index (κ3) is 4.95. The molecule has 3 aliphatic rings. The van der Waals surface area contributed by atoms with Crippen LogP contribution in [0.25, 0.3) is 32.9 Å². The summed E-state index contributed by atoms with van der Waals surface area (Å²) >= 11 is 0. The molecule has 236 valence electrons. The van der Waals surface area contributed by atoms with Crippen molar-refractivity contribution in [2.75, 3.05) is 38.2 Å². The molecule has 9 nitrogen and oxygen atoms in total. The van der Waals surface area contributed by atoms with E-state index >= 15 is 4.39 Å². The molecule has 4 aromatic rings. The van der Waals surface area contributed by atoms with E-state index in [1.807, 2.05) is 21.7 Å². The fourth-order valence-corrected chi connectivity index (χ4v) is 7.19. The Morgan fingerprint density at radius 2 is 1.96 bits per heavy atom. The number of nitrogens with zero attached hydrogens (tertiary/aromatic N) is 6. The van der Waals surface area contributed by atoms with Gasteiger partial charge in [0.1, 0.15) is 41.4 Å². The Labute approximate surface area is 263 Å². The largest absolute Gasteiger partial charge is 0.508 e. The van der Waals surface area contributed by atoms with Crippen molar-refractivity contribution in [3.05, 3.63) is 60.3 Å². The topological polar surface area (TPSA) is 94.9 Å². The average molecular weight is 629 g/mol. The number of hydrogen-bond donors (Lipinski definition) is 1. The number of benzene rings is 2. The van der Waals surface area contributed by atoms with Gasteiger partial charge in [-0.1, -0.05) is 18.6 Å². The number of anilines is 1. The summed E-state index contributed by atoms with van der Waals surface area (Å²) in [5.41, 5.74) is -0.278. The molecule has 4 atom stereocenters. The first-order chi connectivity index (χ1) is 22.2. The fourth-order valence-electron chi connectivity index (χ4n) is 7.19. The molecule has 0 radical (unpaired) electrons. The van der Waals surface area contributed by atoms with Crippen molar-refractivity contribution in [3.63, 3.8) is 0 Å². The summed E-state index contributed by atoms with van der Waals surface area (Å²) in [7, 11) is 1.81. The van der Waals surface area contributed by atoms with E-state index in [1.54, 1.807) is 0 Å². The summed E-state index contributed by atoms with van der Waals surface area (Å²) in [6.07, 6.45) is 9.35. The molecule has 3 aliphatic heterocycles. The number of amides is 1. The van der Waals surface area contributed by atoms with Crippen molar-refractivity contribution in [1.82, 2.24) is 24.8 Å². The molecule has 1 N–H and O–H groups in total. The van der Waals surface area contributed by atoms with Crippen LogP contribution in [0.4, 0.5) is 19.0 Å². The first kappa shape index (κ1) is 29.8. The van der Waals surface area contributed by atoms with Gasteiger partial charge in [0.15, 0.2) is 5.82 Å². The molecule has 0 saturated carbocycles. The monoisotopic (exact) mass is 628 g/mol. The van der Waals surface area contributed by atoms with E-state index in [0.29, 0.717) is 36.1 Å². The minimum atomic E-state index is -0.974. The van der Waals surface area contributed by atoms with Crippen molar-refractivity contribution >= 4 is 33.4 Å². The number of halogens is 3. The number of piperazine rings is 1. The van der Waals surface area contributed by atoms with Gasteiger partial charge in [-0.05, 0) is 56.0 Å². The van der Waals surface area contributed by atoms with Crippen molar-refractivity contribution < 1.29 is 27.8 Å². The lowest BCUT2D eigenvalue weighted by molar-refractivity contribution is -0.129. The van der Waals surface area contributed by atoms with Gasteiger partial charge >= 0.3 is 6.01 Å². The van der Waals surface area contributed by atoms with E-state index in [1.165, 1.54) is 36.5 Å². The standard InChI is InChI=1S/C34H31F3N6O3/c1-4-24-27(36)9-6-18-10-23(44)12-25(29(18)24)31-30(37)32-26(13-38-31)33(40-34(39-32)46-17-22-11-19(35)14-41(22)3)42-15-20-7-8-21(16-42)43(20)28(45)5-2/h1,5-6,9-10,12-13,19-22,44H,2,7-8,11,14-17H2,3H3/t19-,20-,21+,22+/m1/s1. The minimum Gasteiger partial charge on any atom is -0.508 e. The highest BCUT2D eigenvalue weighted by Crippen LogP contribution is 2.40. The van der Waals surface area contributed by atoms with Gasteiger partial charge in [0.25, 0.3) is 0 Å². The Morgan fingerprint density at radius 3 is 2.63 bits per heavy atom. The number of phenolic OH excluding ortho intramolecular Hbond substituents is 1. The van der Waals surface area contributed by atoms with E-state index in [-0.39, 0.29) is 76.7 Å². The second-order valence-electron chi connectivity index (χ2n) is 12.1. The quantitative estimate of drug-likeness (QED) is 0.245. The van der Waals surface area contributed by atoms with E-state index in [9.17, 15) is 18.7 Å². The molecule has 5 heterocycles. The molecule has 3 fully saturated rings. The molecule has 2 aromatic carbocycles. The van der Waals surface area contributed by atoms with E-state index < -0.39 is 17.8 Å². The summed E-state index contributed by atoms with van der Waals surface area (Å²) in [6, 6.07) is 4.87. The van der Waals surface area contributed by atoms with Crippen LogP contribution in [-0.4, -0.2) is 93.4 Å². The van der Waals surface area contributed by atoms with Gasteiger partial charge < -0.3 is 19.6 Å². The number of aromatic nitrogens is 3. The summed E-state index contributed by atoms with van der Waals surface area (Å²) in [5.74, 6) is 0.915. The second-order valence-corrected chi connectivity index (χ2v) is 12.1. The van der Waals surface area contributed by atoms with Crippen LogP contribution in [0.1, 0.15) is 24.8 Å². The molecule has 0 aliphatic carbocycles. The predicted octanol–water partition coefficient (Wildman–Crippen LogP) is 4.60. The lowest BCUT2D eigenvalue weighted by Crippen LogP contribution is -2.55. The van der Waals surface area contributed by atoms with Crippen LogP contribution in [-0.2, 0) is 4.79 Å². The van der Waals surface area contributed by atoms with E-state index in [2.05, 4.69) is 22.5 Å². The summed E-state index contributed by atoms with van der Waals surface area (Å²) < 4.78 is 51.6.